The van der Waals surface area contributed by atoms with Crippen LogP contribution in [-0.2, 0) is 16.6 Å². The molecule has 9 heteroatoms. The summed E-state index contributed by atoms with van der Waals surface area (Å²) < 4.78 is 28.7. The zero-order chi connectivity index (χ0) is 29.1. The highest BCUT2D eigenvalue weighted by Crippen LogP contribution is 2.34. The maximum atomic E-state index is 13.0. The van der Waals surface area contributed by atoms with Gasteiger partial charge in [0.2, 0.25) is 0 Å². The molecule has 1 saturated heterocycles. The first-order chi connectivity index (χ1) is 20.4. The normalized spacial score (nSPS) is 15.2. The second-order valence-electron chi connectivity index (χ2n) is 10.6. The molecule has 6 rings (SSSR count). The molecule has 2 heterocycles. The van der Waals surface area contributed by atoms with E-state index in [9.17, 15) is 13.5 Å². The minimum Gasteiger partial charge on any atom is -0.494 e. The van der Waals surface area contributed by atoms with Gasteiger partial charge in [0.1, 0.15) is 0 Å². The summed E-state index contributed by atoms with van der Waals surface area (Å²) >= 11 is 0. The Kier molecular flexibility index (Phi) is 7.80. The topological polar surface area (TPSA) is 101 Å². The van der Waals surface area contributed by atoms with Crippen molar-refractivity contribution in [3.8, 4) is 5.88 Å². The third-order valence-electron chi connectivity index (χ3n) is 7.55. The van der Waals surface area contributed by atoms with Gasteiger partial charge in [0.15, 0.2) is 5.88 Å². The number of piperazine rings is 1. The number of fused-ring (bicyclic) bond motifs is 1. The van der Waals surface area contributed by atoms with Crippen molar-refractivity contribution < 1.29 is 13.5 Å². The van der Waals surface area contributed by atoms with Crippen LogP contribution >= 0.6 is 0 Å². The molecule has 5 aromatic rings. The maximum absolute atomic E-state index is 13.0. The predicted octanol–water partition coefficient (Wildman–Crippen LogP) is 5.59. The molecule has 4 aromatic carbocycles. The lowest BCUT2D eigenvalue weighted by atomic mass is 10.0. The number of nitrogens with one attached hydrogen (secondary N) is 2. The lowest BCUT2D eigenvalue weighted by molar-refractivity contribution is 0.148. The van der Waals surface area contributed by atoms with Gasteiger partial charge in [-0.25, -0.2) is 13.4 Å². The van der Waals surface area contributed by atoms with Gasteiger partial charge in [0.25, 0.3) is 10.0 Å². The van der Waals surface area contributed by atoms with Gasteiger partial charge in [0, 0.05) is 54.9 Å². The molecule has 0 unspecified atom stereocenters. The van der Waals surface area contributed by atoms with E-state index in [0.29, 0.717) is 27.9 Å². The molecule has 0 atom stereocenters. The van der Waals surface area contributed by atoms with Crippen LogP contribution in [0, 0.1) is 0 Å². The fourth-order valence-corrected chi connectivity index (χ4v) is 6.30. The van der Waals surface area contributed by atoms with Gasteiger partial charge in [-0.1, -0.05) is 60.7 Å². The van der Waals surface area contributed by atoms with Gasteiger partial charge >= 0.3 is 0 Å². The number of rotatable bonds is 8. The van der Waals surface area contributed by atoms with Crippen molar-refractivity contribution in [2.75, 3.05) is 37.9 Å². The van der Waals surface area contributed by atoms with Crippen LogP contribution < -0.4 is 4.72 Å². The number of hydrogen-bond acceptors (Lipinski definition) is 6. The molecular formula is C33H33N5O3S. The molecule has 0 saturated carbocycles. The smallest absolute Gasteiger partial charge is 0.261 e. The Morgan fingerprint density at radius 3 is 2.24 bits per heavy atom. The molecule has 1 aromatic heterocycles. The summed E-state index contributed by atoms with van der Waals surface area (Å²) in [4.78, 5) is 13.0. The number of benzene rings is 4. The van der Waals surface area contributed by atoms with E-state index in [1.807, 2.05) is 42.5 Å². The summed E-state index contributed by atoms with van der Waals surface area (Å²) in [5, 5.41) is 11.8. The quantitative estimate of drug-likeness (QED) is 0.208. The molecule has 0 spiro atoms. The van der Waals surface area contributed by atoms with E-state index in [1.54, 1.807) is 48.5 Å². The second-order valence-corrected chi connectivity index (χ2v) is 12.3. The number of hydrogen-bond donors (Lipinski definition) is 3. The predicted molar refractivity (Wildman–Crippen MR) is 168 cm³/mol. The number of nitrogens with zero attached hydrogens (tertiary/aromatic N) is 3. The Labute approximate surface area is 246 Å². The lowest BCUT2D eigenvalue weighted by Gasteiger charge is -2.32. The zero-order valence-corrected chi connectivity index (χ0v) is 24.2. The van der Waals surface area contributed by atoms with E-state index in [1.165, 1.54) is 5.56 Å². The minimum absolute atomic E-state index is 0.0395. The van der Waals surface area contributed by atoms with E-state index in [0.717, 1.165) is 44.0 Å². The first-order valence-corrected chi connectivity index (χ1v) is 15.4. The van der Waals surface area contributed by atoms with Crippen LogP contribution in [0.2, 0.25) is 0 Å². The van der Waals surface area contributed by atoms with Crippen LogP contribution in [0.25, 0.3) is 10.9 Å². The summed E-state index contributed by atoms with van der Waals surface area (Å²) in [6, 6.07) is 31.2. The van der Waals surface area contributed by atoms with Crippen LogP contribution in [0.3, 0.4) is 0 Å². The van der Waals surface area contributed by atoms with Crippen molar-refractivity contribution in [1.82, 2.24) is 14.8 Å². The first-order valence-electron chi connectivity index (χ1n) is 13.9. The SMILES string of the molecule is CN1CCN(Cc2ccc(N=C(c3ccccc3)c3c(O)[nH]c4ccc(NS(=O)(=O)c5ccccc5)cc34)cc2)CC1. The highest BCUT2D eigenvalue weighted by molar-refractivity contribution is 7.92. The Bertz CT molecular complexity index is 1810. The molecule has 42 heavy (non-hydrogen) atoms. The van der Waals surface area contributed by atoms with E-state index >= 15 is 0 Å². The molecule has 1 aliphatic heterocycles. The van der Waals surface area contributed by atoms with Gasteiger partial charge in [-0.05, 0) is 55.1 Å². The Balaban J connectivity index is 1.36. The highest BCUT2D eigenvalue weighted by Gasteiger charge is 2.21. The molecule has 214 valence electrons. The molecule has 0 amide bonds. The molecule has 0 radical (unpaired) electrons. The van der Waals surface area contributed by atoms with Crippen LogP contribution in [0.15, 0.2) is 113 Å². The van der Waals surface area contributed by atoms with Crippen molar-refractivity contribution >= 4 is 38.0 Å². The van der Waals surface area contributed by atoms with Crippen molar-refractivity contribution in [2.24, 2.45) is 4.99 Å². The number of sulfonamides is 1. The van der Waals surface area contributed by atoms with Crippen molar-refractivity contribution in [1.29, 1.82) is 0 Å². The van der Waals surface area contributed by atoms with Crippen molar-refractivity contribution in [3.05, 3.63) is 120 Å². The standard InChI is InChI=1S/C33H33N5O3S/c1-37-18-20-38(21-19-37)23-24-12-14-26(15-13-24)34-32(25-8-4-2-5-9-25)31-29-22-27(16-17-30(29)35-33(31)39)36-42(40,41)28-10-6-3-7-11-28/h2-17,22,35-36,39H,18-21,23H2,1H3. The molecule has 3 N–H and O–H groups in total. The first kappa shape index (κ1) is 27.7. The Morgan fingerprint density at radius 1 is 0.881 bits per heavy atom. The number of aromatic nitrogens is 1. The summed E-state index contributed by atoms with van der Waals surface area (Å²) in [6.07, 6.45) is 0. The molecule has 1 fully saturated rings. The summed E-state index contributed by atoms with van der Waals surface area (Å²) in [6.45, 7) is 5.16. The van der Waals surface area contributed by atoms with Crippen molar-refractivity contribution in [3.63, 3.8) is 0 Å². The number of anilines is 1. The van der Waals surface area contributed by atoms with Crippen molar-refractivity contribution in [2.45, 2.75) is 11.4 Å². The maximum Gasteiger partial charge on any atom is 0.261 e. The average Bonchev–Trinajstić information content (AvgIpc) is 3.33. The second kappa shape index (κ2) is 11.8. The summed E-state index contributed by atoms with van der Waals surface area (Å²) in [5.74, 6) is -0.0395. The minimum atomic E-state index is -3.79. The fourth-order valence-electron chi connectivity index (χ4n) is 5.22. The van der Waals surface area contributed by atoms with E-state index in [4.69, 9.17) is 4.99 Å². The number of aromatic hydroxyl groups is 1. The largest absolute Gasteiger partial charge is 0.494 e. The van der Waals surface area contributed by atoms with Crippen LogP contribution in [-0.4, -0.2) is 67.2 Å². The summed E-state index contributed by atoms with van der Waals surface area (Å²) in [5.41, 5.74) is 4.93. The monoisotopic (exact) mass is 579 g/mol. The van der Waals surface area contributed by atoms with E-state index in [2.05, 4.69) is 38.7 Å². The zero-order valence-electron chi connectivity index (χ0n) is 23.4. The van der Waals surface area contributed by atoms with Gasteiger partial charge in [-0.15, -0.1) is 0 Å². The summed E-state index contributed by atoms with van der Waals surface area (Å²) in [7, 11) is -1.63. The molecular weight excluding hydrogens is 546 g/mol. The van der Waals surface area contributed by atoms with Gasteiger partial charge < -0.3 is 15.0 Å². The Morgan fingerprint density at radius 2 is 1.55 bits per heavy atom. The number of H-pyrrole nitrogens is 1. The third-order valence-corrected chi connectivity index (χ3v) is 8.95. The van der Waals surface area contributed by atoms with Gasteiger partial charge in [-0.2, -0.15) is 0 Å². The molecule has 0 aliphatic carbocycles. The number of aliphatic imine (C=N–C) groups is 1. The number of aromatic amines is 1. The molecule has 0 bridgehead atoms. The molecule has 8 nitrogen and oxygen atoms in total. The van der Waals surface area contributed by atoms with Crippen LogP contribution in [0.4, 0.5) is 11.4 Å². The fraction of sp³-hybridized carbons (Fsp3) is 0.182. The van der Waals surface area contributed by atoms with Gasteiger partial charge in [-0.3, -0.25) is 9.62 Å². The third kappa shape index (κ3) is 6.08. The van der Waals surface area contributed by atoms with Gasteiger partial charge in [0.05, 0.1) is 21.9 Å². The van der Waals surface area contributed by atoms with E-state index in [-0.39, 0.29) is 10.8 Å². The van der Waals surface area contributed by atoms with E-state index < -0.39 is 10.0 Å². The molecule has 1 aliphatic rings. The Hall–Kier alpha value is -4.44. The highest BCUT2D eigenvalue weighted by atomic mass is 32.2. The number of likely N-dealkylation sites (N-methyl/N-ethyl adjacent to an activating group) is 1. The van der Waals surface area contributed by atoms with Crippen LogP contribution in [0.5, 0.6) is 5.88 Å². The van der Waals surface area contributed by atoms with Crippen LogP contribution in [0.1, 0.15) is 16.7 Å². The average molecular weight is 580 g/mol. The lowest BCUT2D eigenvalue weighted by Crippen LogP contribution is -2.43.